The van der Waals surface area contributed by atoms with E-state index in [4.69, 9.17) is 9.47 Å². The Hall–Kier alpha value is -3.41. The highest BCUT2D eigenvalue weighted by Crippen LogP contribution is 2.36. The van der Waals surface area contributed by atoms with E-state index in [0.29, 0.717) is 16.3 Å². The predicted molar refractivity (Wildman–Crippen MR) is 142 cm³/mol. The Morgan fingerprint density at radius 2 is 1.79 bits per heavy atom. The van der Waals surface area contributed by atoms with Crippen LogP contribution in [-0.4, -0.2) is 55.1 Å². The third-order valence-corrected chi connectivity index (χ3v) is 6.75. The zero-order chi connectivity index (χ0) is 28.8. The van der Waals surface area contributed by atoms with Gasteiger partial charge >= 0.3 is 12.3 Å². The van der Waals surface area contributed by atoms with Gasteiger partial charge in [-0.1, -0.05) is 12.1 Å². The second-order valence-electron chi connectivity index (χ2n) is 9.94. The van der Waals surface area contributed by atoms with E-state index in [-0.39, 0.29) is 30.8 Å². The molecule has 2 aromatic carbocycles. The van der Waals surface area contributed by atoms with Crippen LogP contribution in [0.5, 0.6) is 5.75 Å². The lowest BCUT2D eigenvalue weighted by Crippen LogP contribution is -2.50. The number of benzene rings is 2. The Balaban J connectivity index is 1.87. The van der Waals surface area contributed by atoms with E-state index in [2.05, 4.69) is 10.6 Å². The van der Waals surface area contributed by atoms with Crippen molar-refractivity contribution in [2.75, 3.05) is 24.3 Å². The molecule has 0 spiro atoms. The fourth-order valence-corrected chi connectivity index (χ4v) is 4.82. The maximum absolute atomic E-state index is 13.7. The number of ether oxygens (including phenoxy) is 2. The molecule has 2 aromatic rings. The molecule has 3 rings (SSSR count). The molecule has 0 bridgehead atoms. The van der Waals surface area contributed by atoms with Gasteiger partial charge in [0, 0.05) is 29.2 Å². The van der Waals surface area contributed by atoms with Crippen molar-refractivity contribution < 1.29 is 37.0 Å². The Morgan fingerprint density at radius 3 is 2.41 bits per heavy atom. The molecular weight excluding hydrogens is 535 g/mol. The molecule has 0 saturated heterocycles. The van der Waals surface area contributed by atoms with E-state index >= 15 is 0 Å². The normalized spacial score (nSPS) is 15.7. The number of alkyl halides is 3. The predicted octanol–water partition coefficient (Wildman–Crippen LogP) is 5.30. The van der Waals surface area contributed by atoms with Crippen molar-refractivity contribution in [1.29, 1.82) is 0 Å². The minimum Gasteiger partial charge on any atom is -0.497 e. The number of fused-ring (bicyclic) bond motifs is 1. The van der Waals surface area contributed by atoms with E-state index in [9.17, 15) is 27.6 Å². The summed E-state index contributed by atoms with van der Waals surface area (Å²) >= 11 is 1.34. The molecule has 1 heterocycles. The van der Waals surface area contributed by atoms with Gasteiger partial charge in [0.1, 0.15) is 17.4 Å². The summed E-state index contributed by atoms with van der Waals surface area (Å²) in [4.78, 5) is 41.1. The van der Waals surface area contributed by atoms with Crippen molar-refractivity contribution in [3.63, 3.8) is 0 Å². The molecular formula is C27H32F3N3O5S. The number of alkyl carbamates (subject to hydrolysis) is 1. The van der Waals surface area contributed by atoms with Crippen LogP contribution in [0.1, 0.15) is 49.5 Å². The van der Waals surface area contributed by atoms with Crippen molar-refractivity contribution in [1.82, 2.24) is 10.6 Å². The van der Waals surface area contributed by atoms with Crippen LogP contribution in [0.15, 0.2) is 47.4 Å². The van der Waals surface area contributed by atoms with Gasteiger partial charge in [-0.2, -0.15) is 13.2 Å². The highest BCUT2D eigenvalue weighted by molar-refractivity contribution is 7.99. The summed E-state index contributed by atoms with van der Waals surface area (Å²) in [5.41, 5.74) is 0.684. The summed E-state index contributed by atoms with van der Waals surface area (Å²) in [6.45, 7) is 5.16. The number of nitrogens with one attached hydrogen (secondary N) is 2. The van der Waals surface area contributed by atoms with Crippen molar-refractivity contribution in [2.45, 2.75) is 62.9 Å². The lowest BCUT2D eigenvalue weighted by Gasteiger charge is -2.27. The van der Waals surface area contributed by atoms with Crippen molar-refractivity contribution in [3.8, 4) is 5.75 Å². The molecule has 39 heavy (non-hydrogen) atoms. The fourth-order valence-electron chi connectivity index (χ4n) is 3.77. The first-order chi connectivity index (χ1) is 18.3. The number of halogens is 3. The molecule has 0 fully saturated rings. The summed E-state index contributed by atoms with van der Waals surface area (Å²) in [6, 6.07) is 11.0. The topological polar surface area (TPSA) is 97.0 Å². The van der Waals surface area contributed by atoms with E-state index in [1.807, 2.05) is 0 Å². The maximum Gasteiger partial charge on any atom is 0.408 e. The molecule has 3 amide bonds. The monoisotopic (exact) mass is 567 g/mol. The average molecular weight is 568 g/mol. The fraction of sp³-hybridized carbons (Fsp3) is 0.444. The van der Waals surface area contributed by atoms with Crippen LogP contribution in [-0.2, 0) is 16.1 Å². The van der Waals surface area contributed by atoms with Gasteiger partial charge in [0.15, 0.2) is 0 Å². The standard InChI is InChI=1S/C27H32F3N3O5S/c1-26(2,3)38-25(36)32-20-16-39-22-11-8-18(23(34)31-13-5-12-27(28,29)30)14-21(22)33(24(20)35)15-17-6-9-19(37-4)10-7-17/h6-11,14,20H,5,12-13,15-16H2,1-4H3,(H,31,34)(H,32,36)/t20-/m0/s1. The number of methoxy groups -OCH3 is 1. The Kier molecular flexibility index (Phi) is 9.76. The molecule has 212 valence electrons. The van der Waals surface area contributed by atoms with Crippen LogP contribution in [0, 0.1) is 0 Å². The minimum absolute atomic E-state index is 0.138. The van der Waals surface area contributed by atoms with Gasteiger partial charge in [0.2, 0.25) is 0 Å². The van der Waals surface area contributed by atoms with Gasteiger partial charge in [-0.15, -0.1) is 11.8 Å². The molecule has 1 aliphatic heterocycles. The first-order valence-corrected chi connectivity index (χ1v) is 13.3. The second-order valence-corrected chi connectivity index (χ2v) is 11.0. The Labute approximate surface area is 229 Å². The number of anilines is 1. The molecule has 0 saturated carbocycles. The van der Waals surface area contributed by atoms with Gasteiger partial charge in [-0.3, -0.25) is 9.59 Å². The molecule has 12 heteroatoms. The highest BCUT2D eigenvalue weighted by Gasteiger charge is 2.34. The summed E-state index contributed by atoms with van der Waals surface area (Å²) < 4.78 is 47.8. The maximum atomic E-state index is 13.7. The Bertz CT molecular complexity index is 1180. The second kappa shape index (κ2) is 12.6. The lowest BCUT2D eigenvalue weighted by molar-refractivity contribution is -0.135. The largest absolute Gasteiger partial charge is 0.497 e. The van der Waals surface area contributed by atoms with Crippen LogP contribution >= 0.6 is 11.8 Å². The smallest absolute Gasteiger partial charge is 0.408 e. The highest BCUT2D eigenvalue weighted by atomic mass is 32.2. The number of rotatable bonds is 8. The number of amides is 3. The van der Waals surface area contributed by atoms with E-state index in [0.717, 1.165) is 5.56 Å². The van der Waals surface area contributed by atoms with Crippen molar-refractivity contribution in [3.05, 3.63) is 53.6 Å². The number of carbonyl (C=O) groups is 3. The molecule has 0 aromatic heterocycles. The number of carbonyl (C=O) groups excluding carboxylic acids is 3. The average Bonchev–Trinajstić information content (AvgIpc) is 2.97. The molecule has 8 nitrogen and oxygen atoms in total. The van der Waals surface area contributed by atoms with Gasteiger partial charge in [-0.05, 0) is 63.1 Å². The van der Waals surface area contributed by atoms with Crippen LogP contribution in [0.2, 0.25) is 0 Å². The van der Waals surface area contributed by atoms with Crippen molar-refractivity contribution >= 4 is 35.4 Å². The van der Waals surface area contributed by atoms with Crippen LogP contribution in [0.3, 0.4) is 0 Å². The quantitative estimate of drug-likeness (QED) is 0.421. The number of thioether (sulfide) groups is 1. The van der Waals surface area contributed by atoms with Crippen LogP contribution in [0.4, 0.5) is 23.7 Å². The van der Waals surface area contributed by atoms with Crippen LogP contribution in [0.25, 0.3) is 0 Å². The number of hydrogen-bond donors (Lipinski definition) is 2. The molecule has 0 unspecified atom stereocenters. The summed E-state index contributed by atoms with van der Waals surface area (Å²) in [5.74, 6) is -0.0707. The van der Waals surface area contributed by atoms with Crippen LogP contribution < -0.4 is 20.3 Å². The van der Waals surface area contributed by atoms with Gasteiger partial charge in [0.05, 0.1) is 19.3 Å². The SMILES string of the molecule is COc1ccc(CN2C(=O)[C@@H](NC(=O)OC(C)(C)C)CSc3ccc(C(=O)NCCCC(F)(F)F)cc32)cc1. The molecule has 1 atom stereocenters. The molecule has 0 radical (unpaired) electrons. The van der Waals surface area contributed by atoms with E-state index < -0.39 is 42.1 Å². The van der Waals surface area contributed by atoms with Crippen molar-refractivity contribution in [2.24, 2.45) is 0 Å². The van der Waals surface area contributed by atoms with Gasteiger partial charge in [0.25, 0.3) is 11.8 Å². The zero-order valence-electron chi connectivity index (χ0n) is 22.2. The summed E-state index contributed by atoms with van der Waals surface area (Å²) in [6.07, 6.45) is -6.26. The van der Waals surface area contributed by atoms with E-state index in [1.165, 1.54) is 16.7 Å². The first kappa shape index (κ1) is 30.1. The third kappa shape index (κ3) is 9.09. The van der Waals surface area contributed by atoms with Gasteiger partial charge < -0.3 is 25.0 Å². The van der Waals surface area contributed by atoms with E-state index in [1.54, 1.807) is 70.3 Å². The Morgan fingerprint density at radius 1 is 1.10 bits per heavy atom. The van der Waals surface area contributed by atoms with Gasteiger partial charge in [-0.25, -0.2) is 4.79 Å². The molecule has 2 N–H and O–H groups in total. The number of hydrogen-bond acceptors (Lipinski definition) is 6. The first-order valence-electron chi connectivity index (χ1n) is 12.3. The minimum atomic E-state index is -4.29. The third-order valence-electron chi connectivity index (χ3n) is 5.59. The number of nitrogens with zero attached hydrogens (tertiary/aromatic N) is 1. The summed E-state index contributed by atoms with van der Waals surface area (Å²) in [5, 5.41) is 5.16. The summed E-state index contributed by atoms with van der Waals surface area (Å²) in [7, 11) is 1.55. The molecule has 1 aliphatic rings. The lowest BCUT2D eigenvalue weighted by atomic mass is 10.1. The zero-order valence-corrected chi connectivity index (χ0v) is 23.0. The molecule has 0 aliphatic carbocycles.